The van der Waals surface area contributed by atoms with E-state index in [4.69, 9.17) is 0 Å². The van der Waals surface area contributed by atoms with Crippen molar-refractivity contribution >= 4 is 23.7 Å². The maximum atomic E-state index is 12.3. The molecule has 5 nitrogen and oxygen atoms in total. The van der Waals surface area contributed by atoms with Crippen molar-refractivity contribution in [3.8, 4) is 11.1 Å². The van der Waals surface area contributed by atoms with Gasteiger partial charge in [-0.25, -0.2) is 4.98 Å². The van der Waals surface area contributed by atoms with Gasteiger partial charge in [0.05, 0.1) is 0 Å². The summed E-state index contributed by atoms with van der Waals surface area (Å²) in [6.07, 6.45) is 7.31. The third kappa shape index (κ3) is 7.37. The Balaban J connectivity index is 0.000000370. The van der Waals surface area contributed by atoms with Gasteiger partial charge in [0.25, 0.3) is 5.91 Å². The Hall–Kier alpha value is -2.05. The number of nitrogens with one attached hydrogen (secondary N) is 1. The molecule has 1 aliphatic rings. The number of likely N-dealkylation sites (tertiary alicyclic amines) is 1. The molecule has 2 aromatic rings. The molecule has 0 atom stereocenters. The van der Waals surface area contributed by atoms with Gasteiger partial charge in [-0.1, -0.05) is 37.9 Å². The van der Waals surface area contributed by atoms with Crippen LogP contribution in [0.4, 0.5) is 5.82 Å². The molecule has 1 fully saturated rings. The number of amides is 1. The standard InChI is InChI=1S/C17H19N3OS.C6H15N/c1-22-19-16-9-8-15(12-18-16)13-4-6-14(7-5-13)17(21)20-10-2-3-11-20;1-4-6-7(3)5-2/h4-9,12H,2-3,10-11H2,1H3,(H,18,19);4-6H2,1-3H3. The molecule has 0 aliphatic carbocycles. The van der Waals surface area contributed by atoms with Gasteiger partial charge < -0.3 is 14.5 Å². The molecular formula is C23H34N4OS. The van der Waals surface area contributed by atoms with E-state index in [1.807, 2.05) is 53.8 Å². The van der Waals surface area contributed by atoms with Gasteiger partial charge in [0.15, 0.2) is 0 Å². The molecule has 3 rings (SSSR count). The lowest BCUT2D eigenvalue weighted by molar-refractivity contribution is 0.0793. The second kappa shape index (κ2) is 12.5. The Morgan fingerprint density at radius 3 is 2.24 bits per heavy atom. The van der Waals surface area contributed by atoms with E-state index in [9.17, 15) is 4.79 Å². The van der Waals surface area contributed by atoms with E-state index < -0.39 is 0 Å². The van der Waals surface area contributed by atoms with E-state index in [-0.39, 0.29) is 5.91 Å². The van der Waals surface area contributed by atoms with Crippen LogP contribution in [0.15, 0.2) is 42.6 Å². The predicted octanol–water partition coefficient (Wildman–Crippen LogP) is 5.02. The lowest BCUT2D eigenvalue weighted by Crippen LogP contribution is -2.27. The number of rotatable bonds is 7. The van der Waals surface area contributed by atoms with Crippen LogP contribution in [0.25, 0.3) is 11.1 Å². The van der Waals surface area contributed by atoms with Gasteiger partial charge in [-0.05, 0) is 69.2 Å². The van der Waals surface area contributed by atoms with Crippen LogP contribution in [0, 0.1) is 0 Å². The lowest BCUT2D eigenvalue weighted by atomic mass is 10.1. The zero-order valence-corrected chi connectivity index (χ0v) is 19.0. The summed E-state index contributed by atoms with van der Waals surface area (Å²) in [7, 11) is 2.14. The van der Waals surface area contributed by atoms with E-state index in [0.717, 1.165) is 48.4 Å². The van der Waals surface area contributed by atoms with Crippen LogP contribution in [0.5, 0.6) is 0 Å². The van der Waals surface area contributed by atoms with Gasteiger partial charge in [0, 0.05) is 36.7 Å². The Morgan fingerprint density at radius 1 is 1.10 bits per heavy atom. The maximum Gasteiger partial charge on any atom is 0.253 e. The van der Waals surface area contributed by atoms with Crippen molar-refractivity contribution in [3.63, 3.8) is 0 Å². The molecule has 1 amide bonds. The largest absolute Gasteiger partial charge is 0.339 e. The fraction of sp³-hybridized carbons (Fsp3) is 0.478. The minimum Gasteiger partial charge on any atom is -0.339 e. The summed E-state index contributed by atoms with van der Waals surface area (Å²) in [5.41, 5.74) is 2.88. The highest BCUT2D eigenvalue weighted by Crippen LogP contribution is 2.22. The highest BCUT2D eigenvalue weighted by atomic mass is 32.2. The molecule has 158 valence electrons. The molecule has 29 heavy (non-hydrogen) atoms. The maximum absolute atomic E-state index is 12.3. The molecule has 1 saturated heterocycles. The number of anilines is 1. The van der Waals surface area contributed by atoms with Crippen LogP contribution in [0.1, 0.15) is 43.5 Å². The predicted molar refractivity (Wildman–Crippen MR) is 125 cm³/mol. The van der Waals surface area contributed by atoms with Gasteiger partial charge in [0.2, 0.25) is 0 Å². The Bertz CT molecular complexity index is 728. The van der Waals surface area contributed by atoms with Crippen LogP contribution in [0.3, 0.4) is 0 Å². The van der Waals surface area contributed by atoms with Crippen LogP contribution in [-0.2, 0) is 0 Å². The lowest BCUT2D eigenvalue weighted by Gasteiger charge is -2.15. The molecule has 1 aromatic heterocycles. The summed E-state index contributed by atoms with van der Waals surface area (Å²) in [6.45, 7) is 8.55. The van der Waals surface area contributed by atoms with E-state index in [1.165, 1.54) is 31.5 Å². The third-order valence-corrected chi connectivity index (χ3v) is 5.39. The van der Waals surface area contributed by atoms with Gasteiger partial charge in [-0.3, -0.25) is 4.79 Å². The molecule has 1 N–H and O–H groups in total. The number of carbonyl (C=O) groups is 1. The van der Waals surface area contributed by atoms with Crippen molar-refractivity contribution in [1.29, 1.82) is 0 Å². The molecule has 0 saturated carbocycles. The Labute approximate surface area is 180 Å². The minimum atomic E-state index is 0.140. The average molecular weight is 415 g/mol. The number of hydrogen-bond donors (Lipinski definition) is 1. The first-order valence-corrected chi connectivity index (χ1v) is 11.6. The van der Waals surface area contributed by atoms with Crippen molar-refractivity contribution < 1.29 is 4.79 Å². The van der Waals surface area contributed by atoms with Crippen LogP contribution >= 0.6 is 11.9 Å². The normalized spacial score (nSPS) is 13.2. The monoisotopic (exact) mass is 414 g/mol. The molecule has 0 spiro atoms. The molecule has 0 unspecified atom stereocenters. The summed E-state index contributed by atoms with van der Waals surface area (Å²) in [5.74, 6) is 0.985. The van der Waals surface area contributed by atoms with E-state index in [2.05, 4.69) is 35.5 Å². The molecule has 1 aromatic carbocycles. The Kier molecular flexibility index (Phi) is 10.0. The van der Waals surface area contributed by atoms with E-state index in [0.29, 0.717) is 0 Å². The fourth-order valence-electron chi connectivity index (χ4n) is 3.18. The molecule has 2 heterocycles. The fourth-order valence-corrected chi connectivity index (χ4v) is 3.51. The summed E-state index contributed by atoms with van der Waals surface area (Å²) in [4.78, 5) is 20.9. The van der Waals surface area contributed by atoms with E-state index in [1.54, 1.807) is 0 Å². The van der Waals surface area contributed by atoms with Crippen LogP contribution in [-0.4, -0.2) is 60.2 Å². The van der Waals surface area contributed by atoms with Gasteiger partial charge in [-0.2, -0.15) is 0 Å². The van der Waals surface area contributed by atoms with Crippen molar-refractivity contribution in [1.82, 2.24) is 14.8 Å². The zero-order valence-electron chi connectivity index (χ0n) is 18.1. The Morgan fingerprint density at radius 2 is 1.76 bits per heavy atom. The van der Waals surface area contributed by atoms with Gasteiger partial charge in [-0.15, -0.1) is 0 Å². The third-order valence-electron chi connectivity index (χ3n) is 4.97. The average Bonchev–Trinajstić information content (AvgIpc) is 3.30. The molecule has 0 radical (unpaired) electrons. The SMILES string of the molecule is CCCN(C)CC.CSNc1ccc(-c2ccc(C(=O)N3CCCC3)cc2)cn1. The molecule has 1 aliphatic heterocycles. The number of nitrogens with zero attached hydrogens (tertiary/aromatic N) is 3. The van der Waals surface area contributed by atoms with E-state index >= 15 is 0 Å². The van der Waals surface area contributed by atoms with Crippen molar-refractivity contribution in [2.24, 2.45) is 0 Å². The number of aromatic nitrogens is 1. The van der Waals surface area contributed by atoms with Crippen LogP contribution in [0.2, 0.25) is 0 Å². The van der Waals surface area contributed by atoms with Crippen molar-refractivity contribution in [2.75, 3.05) is 44.2 Å². The van der Waals surface area contributed by atoms with Gasteiger partial charge >= 0.3 is 0 Å². The first-order chi connectivity index (χ1) is 14.1. The van der Waals surface area contributed by atoms with Gasteiger partial charge in [0.1, 0.15) is 5.82 Å². The second-order valence-corrected chi connectivity index (χ2v) is 7.82. The molecule has 6 heteroatoms. The van der Waals surface area contributed by atoms with Crippen molar-refractivity contribution in [2.45, 2.75) is 33.1 Å². The van der Waals surface area contributed by atoms with Crippen LogP contribution < -0.4 is 4.72 Å². The molecular weight excluding hydrogens is 380 g/mol. The summed E-state index contributed by atoms with van der Waals surface area (Å²) < 4.78 is 3.10. The quantitative estimate of drug-likeness (QED) is 0.645. The molecule has 0 bridgehead atoms. The highest BCUT2D eigenvalue weighted by molar-refractivity contribution is 7.99. The second-order valence-electron chi connectivity index (χ2n) is 7.21. The number of pyridine rings is 1. The first kappa shape index (κ1) is 23.2. The summed E-state index contributed by atoms with van der Waals surface area (Å²) >= 11 is 1.52. The topological polar surface area (TPSA) is 48.5 Å². The minimum absolute atomic E-state index is 0.140. The van der Waals surface area contributed by atoms with Crippen molar-refractivity contribution in [3.05, 3.63) is 48.2 Å². The first-order valence-electron chi connectivity index (χ1n) is 10.4. The summed E-state index contributed by atoms with van der Waals surface area (Å²) in [6, 6.07) is 11.8. The zero-order chi connectivity index (χ0) is 21.1. The number of benzene rings is 1. The number of carbonyl (C=O) groups excluding carboxylic acids is 1. The number of hydrogen-bond acceptors (Lipinski definition) is 5. The summed E-state index contributed by atoms with van der Waals surface area (Å²) in [5, 5.41) is 0. The highest BCUT2D eigenvalue weighted by Gasteiger charge is 2.19. The smallest absolute Gasteiger partial charge is 0.253 e.